The van der Waals surface area contributed by atoms with E-state index in [-0.39, 0.29) is 10.8 Å². The lowest BCUT2D eigenvalue weighted by Crippen LogP contribution is -2.62. The van der Waals surface area contributed by atoms with E-state index in [2.05, 4.69) is 41.5 Å². The van der Waals surface area contributed by atoms with Crippen LogP contribution >= 0.6 is 0 Å². The number of fused-ring (bicyclic) bond motifs is 1. The van der Waals surface area contributed by atoms with Gasteiger partial charge < -0.3 is 9.59 Å². The topological polar surface area (TPSA) is 34.1 Å². The number of rotatable bonds is 6. The van der Waals surface area contributed by atoms with Crippen LogP contribution in [0.2, 0.25) is 0 Å². The van der Waals surface area contributed by atoms with Gasteiger partial charge in [-0.05, 0) is 60.2 Å². The van der Waals surface area contributed by atoms with Gasteiger partial charge in [0, 0.05) is 0 Å². The molecule has 2 nitrogen and oxygen atoms in total. The molecule has 0 aliphatic heterocycles. The molecule has 2 saturated carbocycles. The Kier molecular flexibility index (Phi) is 5.67. The summed E-state index contributed by atoms with van der Waals surface area (Å²) >= 11 is 0. The second kappa shape index (κ2) is 6.92. The highest BCUT2D eigenvalue weighted by Crippen LogP contribution is 2.67. The van der Waals surface area contributed by atoms with Gasteiger partial charge in [0.1, 0.15) is 12.6 Å². The molecule has 0 radical (unpaired) electrons. The maximum Gasteiger partial charge on any atom is 0.133 e. The lowest BCUT2D eigenvalue weighted by molar-refractivity contribution is -0.182. The molecule has 0 aromatic carbocycles. The zero-order chi connectivity index (χ0) is 18.2. The zero-order valence-electron chi connectivity index (χ0n) is 16.7. The molecule has 0 spiro atoms. The van der Waals surface area contributed by atoms with Gasteiger partial charge in [-0.15, -0.1) is 0 Å². The van der Waals surface area contributed by atoms with Gasteiger partial charge in [0.2, 0.25) is 0 Å². The Hall–Kier alpha value is -0.660. The van der Waals surface area contributed by atoms with Gasteiger partial charge in [0.25, 0.3) is 0 Å². The van der Waals surface area contributed by atoms with Crippen molar-refractivity contribution in [3.05, 3.63) is 0 Å². The molecule has 0 amide bonds. The van der Waals surface area contributed by atoms with Crippen molar-refractivity contribution in [3.8, 4) is 0 Å². The smallest absolute Gasteiger partial charge is 0.133 e. The molecule has 5 atom stereocenters. The van der Waals surface area contributed by atoms with Crippen LogP contribution in [-0.2, 0) is 9.59 Å². The fourth-order valence-electron chi connectivity index (χ4n) is 6.28. The summed E-state index contributed by atoms with van der Waals surface area (Å²) in [6, 6.07) is 0. The molecule has 2 fully saturated rings. The zero-order valence-corrected chi connectivity index (χ0v) is 16.7. The Labute approximate surface area is 149 Å². The fourth-order valence-corrected chi connectivity index (χ4v) is 6.28. The van der Waals surface area contributed by atoms with Gasteiger partial charge in [-0.3, -0.25) is 0 Å². The van der Waals surface area contributed by atoms with Crippen molar-refractivity contribution in [2.24, 2.45) is 39.9 Å². The Bertz CT molecular complexity index is 459. The van der Waals surface area contributed by atoms with Crippen LogP contribution in [0.4, 0.5) is 0 Å². The Balaban J connectivity index is 2.47. The first-order chi connectivity index (χ1) is 11.2. The largest absolute Gasteiger partial charge is 0.302 e. The first-order valence-corrected chi connectivity index (χ1v) is 10.1. The second-order valence-electron chi connectivity index (χ2n) is 9.85. The minimum absolute atomic E-state index is 0.191. The molecule has 2 rings (SSSR count). The van der Waals surface area contributed by atoms with Gasteiger partial charge in [-0.1, -0.05) is 60.8 Å². The van der Waals surface area contributed by atoms with E-state index in [0.29, 0.717) is 17.8 Å². The Morgan fingerprint density at radius 3 is 2.25 bits per heavy atom. The molecule has 2 aliphatic rings. The van der Waals surface area contributed by atoms with Gasteiger partial charge in [0.05, 0.1) is 5.41 Å². The molecule has 0 heterocycles. The Morgan fingerprint density at radius 1 is 1.08 bits per heavy atom. The van der Waals surface area contributed by atoms with Gasteiger partial charge in [0.15, 0.2) is 0 Å². The predicted octanol–water partition coefficient (Wildman–Crippen LogP) is 5.69. The number of hydrogen-bond acceptors (Lipinski definition) is 2. The molecule has 0 aromatic heterocycles. The van der Waals surface area contributed by atoms with Crippen LogP contribution in [0, 0.1) is 39.9 Å². The SMILES string of the molecule is CC[C@@H](C)CC[C@H]1[C@@H](C)CC[C@H]2C(C)(C)CCC(C=O)(C=O)[C@]12C. The van der Waals surface area contributed by atoms with Crippen LogP contribution < -0.4 is 0 Å². The molecule has 0 aromatic rings. The minimum Gasteiger partial charge on any atom is -0.302 e. The quantitative estimate of drug-likeness (QED) is 0.462. The van der Waals surface area contributed by atoms with Crippen LogP contribution in [0.3, 0.4) is 0 Å². The summed E-state index contributed by atoms with van der Waals surface area (Å²) in [5.74, 6) is 2.26. The highest BCUT2D eigenvalue weighted by atomic mass is 16.1. The standard InChI is InChI=1S/C22H38O2/c1-7-16(2)8-10-18-17(3)9-11-19-20(4,5)12-13-22(14-23,15-24)21(18,19)6/h14-19H,7-13H2,1-6H3/t16-,17+,18+,19+,21-/m1/s1. The van der Waals surface area contributed by atoms with E-state index in [4.69, 9.17) is 0 Å². The lowest BCUT2D eigenvalue weighted by atomic mass is 9.38. The van der Waals surface area contributed by atoms with Crippen molar-refractivity contribution in [2.75, 3.05) is 0 Å². The average Bonchev–Trinajstić information content (AvgIpc) is 2.54. The molecule has 24 heavy (non-hydrogen) atoms. The maximum absolute atomic E-state index is 12.2. The highest BCUT2D eigenvalue weighted by Gasteiger charge is 2.64. The molecule has 0 N–H and O–H groups in total. The normalized spacial score (nSPS) is 38.8. The first kappa shape index (κ1) is 19.7. The molecule has 0 saturated heterocycles. The number of carbonyl (C=O) groups excluding carboxylic acids is 2. The van der Waals surface area contributed by atoms with Crippen LogP contribution in [0.15, 0.2) is 0 Å². The van der Waals surface area contributed by atoms with Crippen LogP contribution in [0.25, 0.3) is 0 Å². The van der Waals surface area contributed by atoms with Crippen molar-refractivity contribution in [1.29, 1.82) is 0 Å². The summed E-state index contributed by atoms with van der Waals surface area (Å²) < 4.78 is 0. The summed E-state index contributed by atoms with van der Waals surface area (Å²) in [7, 11) is 0. The van der Waals surface area contributed by atoms with E-state index in [9.17, 15) is 9.59 Å². The van der Waals surface area contributed by atoms with E-state index >= 15 is 0 Å². The third-order valence-corrected chi connectivity index (χ3v) is 8.31. The van der Waals surface area contributed by atoms with Crippen molar-refractivity contribution in [2.45, 2.75) is 86.5 Å². The highest BCUT2D eigenvalue weighted by molar-refractivity contribution is 5.85. The fraction of sp³-hybridized carbons (Fsp3) is 0.909. The van der Waals surface area contributed by atoms with Crippen LogP contribution in [0.1, 0.15) is 86.5 Å². The molecule has 138 valence electrons. The minimum atomic E-state index is -0.776. The van der Waals surface area contributed by atoms with Crippen molar-refractivity contribution >= 4 is 12.6 Å². The monoisotopic (exact) mass is 334 g/mol. The number of aldehydes is 2. The van der Waals surface area contributed by atoms with E-state index in [1.807, 2.05) is 0 Å². The van der Waals surface area contributed by atoms with E-state index in [1.165, 1.54) is 19.3 Å². The predicted molar refractivity (Wildman–Crippen MR) is 99.8 cm³/mol. The number of carbonyl (C=O) groups is 2. The summed E-state index contributed by atoms with van der Waals surface area (Å²) in [6.45, 7) is 13.9. The maximum atomic E-state index is 12.2. The van der Waals surface area contributed by atoms with Crippen LogP contribution in [-0.4, -0.2) is 12.6 Å². The molecule has 2 heteroatoms. The number of hydrogen-bond donors (Lipinski definition) is 0. The van der Waals surface area contributed by atoms with Crippen molar-refractivity contribution < 1.29 is 9.59 Å². The van der Waals surface area contributed by atoms with Gasteiger partial charge >= 0.3 is 0 Å². The summed E-state index contributed by atoms with van der Waals surface area (Å²) in [6.07, 6.45) is 9.73. The molecule has 0 unspecified atom stereocenters. The molecular formula is C22H38O2. The third kappa shape index (κ3) is 2.88. The molecule has 0 bridgehead atoms. The summed E-state index contributed by atoms with van der Waals surface area (Å²) in [4.78, 5) is 24.4. The van der Waals surface area contributed by atoms with Crippen LogP contribution in [0.5, 0.6) is 0 Å². The van der Waals surface area contributed by atoms with E-state index in [1.54, 1.807) is 0 Å². The molecular weight excluding hydrogens is 296 g/mol. The summed E-state index contributed by atoms with van der Waals surface area (Å²) in [5, 5.41) is 0. The lowest BCUT2D eigenvalue weighted by Gasteiger charge is -2.64. The van der Waals surface area contributed by atoms with E-state index < -0.39 is 5.41 Å². The third-order valence-electron chi connectivity index (χ3n) is 8.31. The second-order valence-corrected chi connectivity index (χ2v) is 9.85. The van der Waals surface area contributed by atoms with E-state index in [0.717, 1.165) is 44.2 Å². The summed E-state index contributed by atoms with van der Waals surface area (Å²) in [5.41, 5.74) is -0.746. The molecule has 2 aliphatic carbocycles. The first-order valence-electron chi connectivity index (χ1n) is 10.1. The Morgan fingerprint density at radius 2 is 1.71 bits per heavy atom. The van der Waals surface area contributed by atoms with Crippen molar-refractivity contribution in [3.63, 3.8) is 0 Å². The van der Waals surface area contributed by atoms with Gasteiger partial charge in [-0.2, -0.15) is 0 Å². The van der Waals surface area contributed by atoms with Gasteiger partial charge in [-0.25, -0.2) is 0 Å². The average molecular weight is 335 g/mol. The van der Waals surface area contributed by atoms with Crippen molar-refractivity contribution in [1.82, 2.24) is 0 Å².